The molecule has 4 heteroatoms. The van der Waals surface area contributed by atoms with E-state index in [1.807, 2.05) is 72.2 Å². The lowest BCUT2D eigenvalue weighted by Crippen LogP contribution is -2.06. The zero-order chi connectivity index (χ0) is 14.2. The summed E-state index contributed by atoms with van der Waals surface area (Å²) < 4.78 is 27.2. The van der Waals surface area contributed by atoms with Crippen molar-refractivity contribution in [2.75, 3.05) is 0 Å². The molecule has 0 amide bonds. The zero-order valence-electron chi connectivity index (χ0n) is 11.2. The minimum absolute atomic E-state index is 0.0310. The summed E-state index contributed by atoms with van der Waals surface area (Å²) in [6, 6.07) is 14.9. The predicted octanol–water partition coefficient (Wildman–Crippen LogP) is 3.22. The van der Waals surface area contributed by atoms with Crippen LogP contribution in [-0.2, 0) is 15.6 Å². The first-order valence-electron chi connectivity index (χ1n) is 6.41. The molecule has 0 spiro atoms. The smallest absolute Gasteiger partial charge is 0.184 e. The van der Waals surface area contributed by atoms with Crippen LogP contribution in [0, 0.1) is 6.92 Å². The maximum atomic E-state index is 12.7. The van der Waals surface area contributed by atoms with E-state index in [-0.39, 0.29) is 5.75 Å². The third-order valence-electron chi connectivity index (χ3n) is 3.32. The van der Waals surface area contributed by atoms with Gasteiger partial charge in [-0.25, -0.2) is 8.42 Å². The van der Waals surface area contributed by atoms with Crippen LogP contribution >= 0.6 is 0 Å². The summed E-state index contributed by atoms with van der Waals surface area (Å²) in [7, 11) is -3.35. The van der Waals surface area contributed by atoms with Crippen molar-refractivity contribution in [2.24, 2.45) is 0 Å². The van der Waals surface area contributed by atoms with Gasteiger partial charge in [-0.05, 0) is 30.2 Å². The molecule has 0 N–H and O–H groups in total. The largest absolute Gasteiger partial charge is 0.322 e. The Bertz CT molecular complexity index is 849. The molecule has 3 rings (SSSR count). The van der Waals surface area contributed by atoms with E-state index in [1.165, 1.54) is 0 Å². The molecule has 0 saturated heterocycles. The van der Waals surface area contributed by atoms with Crippen molar-refractivity contribution >= 4 is 15.4 Å². The van der Waals surface area contributed by atoms with Crippen LogP contribution in [-0.4, -0.2) is 12.8 Å². The third-order valence-corrected chi connectivity index (χ3v) is 5.19. The number of benzene rings is 1. The van der Waals surface area contributed by atoms with Gasteiger partial charge in [-0.2, -0.15) is 0 Å². The van der Waals surface area contributed by atoms with E-state index in [0.29, 0.717) is 4.90 Å². The van der Waals surface area contributed by atoms with Crippen LogP contribution in [0.5, 0.6) is 0 Å². The second-order valence-corrected chi connectivity index (χ2v) is 6.81. The fourth-order valence-electron chi connectivity index (χ4n) is 2.50. The van der Waals surface area contributed by atoms with Crippen molar-refractivity contribution < 1.29 is 8.42 Å². The molecule has 0 bridgehead atoms. The number of hydrogen-bond acceptors (Lipinski definition) is 2. The molecule has 1 aromatic carbocycles. The van der Waals surface area contributed by atoms with Gasteiger partial charge < -0.3 is 4.40 Å². The quantitative estimate of drug-likeness (QED) is 0.741. The number of aryl methyl sites for hydroxylation is 1. The Labute approximate surface area is 118 Å². The van der Waals surface area contributed by atoms with Gasteiger partial charge in [0, 0.05) is 12.4 Å². The first kappa shape index (κ1) is 12.9. The molecule has 20 heavy (non-hydrogen) atoms. The summed E-state index contributed by atoms with van der Waals surface area (Å²) in [5.41, 5.74) is 2.33. The topological polar surface area (TPSA) is 38.5 Å². The van der Waals surface area contributed by atoms with Gasteiger partial charge in [0.05, 0.1) is 16.2 Å². The molecule has 2 heterocycles. The second kappa shape index (κ2) is 4.80. The van der Waals surface area contributed by atoms with Crippen molar-refractivity contribution in [2.45, 2.75) is 17.6 Å². The van der Waals surface area contributed by atoms with Crippen LogP contribution < -0.4 is 0 Å². The SMILES string of the molecule is Cc1cn2ccccc2c1S(=O)(=O)Cc1ccccc1. The summed E-state index contributed by atoms with van der Waals surface area (Å²) in [4.78, 5) is 0.432. The fraction of sp³-hybridized carbons (Fsp3) is 0.125. The van der Waals surface area contributed by atoms with Crippen LogP contribution in [0.25, 0.3) is 5.52 Å². The number of aromatic nitrogens is 1. The molecule has 102 valence electrons. The molecule has 0 saturated carbocycles. The van der Waals surface area contributed by atoms with Gasteiger partial charge in [0.2, 0.25) is 0 Å². The lowest BCUT2D eigenvalue weighted by atomic mass is 10.2. The molecule has 0 fully saturated rings. The van der Waals surface area contributed by atoms with Gasteiger partial charge in [-0.1, -0.05) is 36.4 Å². The molecule has 0 radical (unpaired) electrons. The average molecular weight is 285 g/mol. The Balaban J connectivity index is 2.12. The van der Waals surface area contributed by atoms with E-state index >= 15 is 0 Å². The highest BCUT2D eigenvalue weighted by molar-refractivity contribution is 7.91. The minimum Gasteiger partial charge on any atom is -0.322 e. The van der Waals surface area contributed by atoms with E-state index in [2.05, 4.69) is 0 Å². The average Bonchev–Trinajstić information content (AvgIpc) is 2.75. The van der Waals surface area contributed by atoms with Gasteiger partial charge in [0.1, 0.15) is 0 Å². The Morgan fingerprint density at radius 1 is 1.00 bits per heavy atom. The normalized spacial score (nSPS) is 11.8. The van der Waals surface area contributed by atoms with Crippen molar-refractivity contribution in [3.05, 3.63) is 72.1 Å². The zero-order valence-corrected chi connectivity index (χ0v) is 12.0. The van der Waals surface area contributed by atoms with Crippen LogP contribution in [0.1, 0.15) is 11.1 Å². The van der Waals surface area contributed by atoms with Crippen molar-refractivity contribution in [3.8, 4) is 0 Å². The first-order valence-corrected chi connectivity index (χ1v) is 8.06. The second-order valence-electron chi connectivity index (χ2n) is 4.88. The molecular weight excluding hydrogens is 270 g/mol. The third kappa shape index (κ3) is 2.23. The molecule has 3 nitrogen and oxygen atoms in total. The molecule has 0 atom stereocenters. The van der Waals surface area contributed by atoms with Crippen LogP contribution in [0.2, 0.25) is 0 Å². The lowest BCUT2D eigenvalue weighted by molar-refractivity contribution is 0.595. The highest BCUT2D eigenvalue weighted by Gasteiger charge is 2.22. The lowest BCUT2D eigenvalue weighted by Gasteiger charge is -2.05. The van der Waals surface area contributed by atoms with Gasteiger partial charge in [-0.3, -0.25) is 0 Å². The Kier molecular flexibility index (Phi) is 3.10. The molecule has 0 unspecified atom stereocenters. The van der Waals surface area contributed by atoms with Crippen LogP contribution in [0.4, 0.5) is 0 Å². The molecule has 0 aliphatic carbocycles. The van der Waals surface area contributed by atoms with Crippen LogP contribution in [0.15, 0.2) is 65.8 Å². The Hall–Kier alpha value is -2.07. The first-order chi connectivity index (χ1) is 9.58. The summed E-state index contributed by atoms with van der Waals surface area (Å²) in [6.45, 7) is 1.84. The molecule has 0 aliphatic heterocycles. The van der Waals surface area contributed by atoms with Crippen LogP contribution in [0.3, 0.4) is 0 Å². The molecule has 2 aromatic heterocycles. The summed E-state index contributed by atoms with van der Waals surface area (Å²) in [5, 5.41) is 0. The van der Waals surface area contributed by atoms with Crippen molar-refractivity contribution in [1.29, 1.82) is 0 Å². The van der Waals surface area contributed by atoms with Crippen molar-refractivity contribution in [1.82, 2.24) is 4.40 Å². The number of nitrogens with zero attached hydrogens (tertiary/aromatic N) is 1. The fourth-order valence-corrected chi connectivity index (χ4v) is 4.31. The van der Waals surface area contributed by atoms with E-state index in [4.69, 9.17) is 0 Å². The number of fused-ring (bicyclic) bond motifs is 1. The van der Waals surface area contributed by atoms with E-state index < -0.39 is 9.84 Å². The van der Waals surface area contributed by atoms with Gasteiger partial charge in [-0.15, -0.1) is 0 Å². The summed E-state index contributed by atoms with van der Waals surface area (Å²) >= 11 is 0. The number of pyridine rings is 1. The predicted molar refractivity (Wildman–Crippen MR) is 79.5 cm³/mol. The highest BCUT2D eigenvalue weighted by atomic mass is 32.2. The maximum Gasteiger partial charge on any atom is 0.184 e. The van der Waals surface area contributed by atoms with Gasteiger partial charge >= 0.3 is 0 Å². The molecular formula is C16H15NO2S. The minimum atomic E-state index is -3.35. The number of sulfone groups is 1. The van der Waals surface area contributed by atoms with Crippen molar-refractivity contribution in [3.63, 3.8) is 0 Å². The van der Waals surface area contributed by atoms with Gasteiger partial charge in [0.15, 0.2) is 9.84 Å². The standard InChI is InChI=1S/C16H15NO2S/c1-13-11-17-10-6-5-9-15(17)16(13)20(18,19)12-14-7-3-2-4-8-14/h2-11H,12H2,1H3. The van der Waals surface area contributed by atoms with Gasteiger partial charge in [0.25, 0.3) is 0 Å². The monoisotopic (exact) mass is 285 g/mol. The Morgan fingerprint density at radius 3 is 2.45 bits per heavy atom. The molecule has 3 aromatic rings. The summed E-state index contributed by atoms with van der Waals surface area (Å²) in [5.74, 6) is 0.0310. The maximum absolute atomic E-state index is 12.7. The summed E-state index contributed by atoms with van der Waals surface area (Å²) in [6.07, 6.45) is 3.72. The number of rotatable bonds is 3. The van der Waals surface area contributed by atoms with E-state index in [0.717, 1.165) is 16.6 Å². The Morgan fingerprint density at radius 2 is 1.70 bits per heavy atom. The number of hydrogen-bond donors (Lipinski definition) is 0. The molecule has 0 aliphatic rings. The van der Waals surface area contributed by atoms with E-state index in [1.54, 1.807) is 0 Å². The van der Waals surface area contributed by atoms with E-state index in [9.17, 15) is 8.42 Å². The highest BCUT2D eigenvalue weighted by Crippen LogP contribution is 2.26.